The first-order chi connectivity index (χ1) is 9.72. The van der Waals surface area contributed by atoms with Crippen molar-refractivity contribution in [2.24, 2.45) is 7.05 Å². The normalized spacial score (nSPS) is 10.8. The molecular weight excluding hydrogens is 250 g/mol. The van der Waals surface area contributed by atoms with Crippen LogP contribution in [0.4, 0.5) is 0 Å². The van der Waals surface area contributed by atoms with Crippen LogP contribution >= 0.6 is 0 Å². The van der Waals surface area contributed by atoms with Crippen molar-refractivity contribution in [1.29, 1.82) is 0 Å². The molecule has 0 unspecified atom stereocenters. The summed E-state index contributed by atoms with van der Waals surface area (Å²) in [4.78, 5) is 0. The number of aromatic nitrogens is 1. The van der Waals surface area contributed by atoms with E-state index in [0.29, 0.717) is 0 Å². The third-order valence-corrected chi connectivity index (χ3v) is 3.58. The first kappa shape index (κ1) is 12.6. The van der Waals surface area contributed by atoms with E-state index in [-0.39, 0.29) is 0 Å². The minimum Gasteiger partial charge on any atom is -0.497 e. The molecule has 2 aromatic carbocycles. The molecule has 0 N–H and O–H groups in total. The maximum absolute atomic E-state index is 5.30. The predicted octanol–water partition coefficient (Wildman–Crippen LogP) is 3.86. The van der Waals surface area contributed by atoms with Gasteiger partial charge in [-0.25, -0.2) is 0 Å². The number of fused-ring (bicyclic) bond motifs is 1. The topological polar surface area (TPSA) is 23.4 Å². The molecule has 0 fully saturated rings. The zero-order valence-corrected chi connectivity index (χ0v) is 11.9. The molecule has 0 bridgehead atoms. The molecule has 102 valence electrons. The van der Waals surface area contributed by atoms with Gasteiger partial charge < -0.3 is 14.0 Å². The lowest BCUT2D eigenvalue weighted by Gasteiger charge is -2.04. The summed E-state index contributed by atoms with van der Waals surface area (Å²) in [6.45, 7) is 0. The molecule has 0 saturated heterocycles. The molecule has 0 aliphatic carbocycles. The maximum Gasteiger partial charge on any atom is 0.120 e. The van der Waals surface area contributed by atoms with Gasteiger partial charge in [-0.3, -0.25) is 0 Å². The molecule has 0 spiro atoms. The van der Waals surface area contributed by atoms with Crippen molar-refractivity contribution in [2.75, 3.05) is 14.2 Å². The smallest absolute Gasteiger partial charge is 0.120 e. The van der Waals surface area contributed by atoms with Crippen molar-refractivity contribution in [3.05, 3.63) is 48.7 Å². The molecule has 1 aromatic heterocycles. The van der Waals surface area contributed by atoms with Gasteiger partial charge in [0.25, 0.3) is 0 Å². The molecule has 3 aromatic rings. The van der Waals surface area contributed by atoms with E-state index in [1.165, 1.54) is 10.9 Å². The molecule has 1 heterocycles. The van der Waals surface area contributed by atoms with Crippen molar-refractivity contribution < 1.29 is 9.47 Å². The standard InChI is InChI=1S/C17H17NO2/c1-18-11-16(12-5-4-6-13(9-12)19-2)15-8-7-14(20-3)10-17(15)18/h4-11H,1-3H3. The highest BCUT2D eigenvalue weighted by atomic mass is 16.5. The van der Waals surface area contributed by atoms with Crippen molar-refractivity contribution in [1.82, 2.24) is 4.57 Å². The fourth-order valence-corrected chi connectivity index (χ4v) is 2.51. The van der Waals surface area contributed by atoms with Crippen LogP contribution in [0.2, 0.25) is 0 Å². The van der Waals surface area contributed by atoms with E-state index in [9.17, 15) is 0 Å². The van der Waals surface area contributed by atoms with Gasteiger partial charge in [-0.2, -0.15) is 0 Å². The van der Waals surface area contributed by atoms with Gasteiger partial charge in [0.2, 0.25) is 0 Å². The van der Waals surface area contributed by atoms with E-state index in [4.69, 9.17) is 9.47 Å². The molecule has 20 heavy (non-hydrogen) atoms. The van der Waals surface area contributed by atoms with Crippen LogP contribution in [0.15, 0.2) is 48.7 Å². The van der Waals surface area contributed by atoms with Crippen molar-refractivity contribution in [3.63, 3.8) is 0 Å². The van der Waals surface area contributed by atoms with E-state index >= 15 is 0 Å². The van der Waals surface area contributed by atoms with Gasteiger partial charge in [0, 0.05) is 30.3 Å². The fraction of sp³-hybridized carbons (Fsp3) is 0.176. The highest BCUT2D eigenvalue weighted by Crippen LogP contribution is 2.33. The summed E-state index contributed by atoms with van der Waals surface area (Å²) in [5.41, 5.74) is 3.51. The molecule has 0 atom stereocenters. The number of hydrogen-bond donors (Lipinski definition) is 0. The van der Waals surface area contributed by atoms with E-state index in [0.717, 1.165) is 22.6 Å². The second kappa shape index (κ2) is 4.93. The Morgan fingerprint density at radius 2 is 1.65 bits per heavy atom. The summed E-state index contributed by atoms with van der Waals surface area (Å²) in [5, 5.41) is 1.21. The second-order valence-corrected chi connectivity index (χ2v) is 4.77. The number of hydrogen-bond acceptors (Lipinski definition) is 2. The van der Waals surface area contributed by atoms with E-state index in [1.807, 2.05) is 25.2 Å². The summed E-state index contributed by atoms with van der Waals surface area (Å²) in [7, 11) is 5.42. The largest absolute Gasteiger partial charge is 0.497 e. The minimum atomic E-state index is 0.869. The molecular formula is C17H17NO2. The number of aryl methyl sites for hydroxylation is 1. The van der Waals surface area contributed by atoms with Gasteiger partial charge in [0.15, 0.2) is 0 Å². The van der Waals surface area contributed by atoms with Crippen LogP contribution in [-0.2, 0) is 7.05 Å². The maximum atomic E-state index is 5.30. The zero-order valence-electron chi connectivity index (χ0n) is 11.9. The number of nitrogens with zero attached hydrogens (tertiary/aromatic N) is 1. The van der Waals surface area contributed by atoms with Crippen molar-refractivity contribution in [3.8, 4) is 22.6 Å². The fourth-order valence-electron chi connectivity index (χ4n) is 2.51. The lowest BCUT2D eigenvalue weighted by atomic mass is 10.0. The summed E-state index contributed by atoms with van der Waals surface area (Å²) in [6, 6.07) is 14.3. The molecule has 3 rings (SSSR count). The zero-order chi connectivity index (χ0) is 14.1. The minimum absolute atomic E-state index is 0.869. The van der Waals surface area contributed by atoms with Crippen LogP contribution < -0.4 is 9.47 Å². The Labute approximate surface area is 118 Å². The van der Waals surface area contributed by atoms with E-state index < -0.39 is 0 Å². The molecule has 0 aliphatic heterocycles. The van der Waals surface area contributed by atoms with Gasteiger partial charge in [-0.05, 0) is 29.8 Å². The number of methoxy groups -OCH3 is 2. The summed E-state index contributed by atoms with van der Waals surface area (Å²) in [5.74, 6) is 1.74. The summed E-state index contributed by atoms with van der Waals surface area (Å²) in [6.07, 6.45) is 2.14. The third-order valence-electron chi connectivity index (χ3n) is 3.58. The Hall–Kier alpha value is -2.42. The van der Waals surface area contributed by atoms with E-state index in [2.05, 4.69) is 35.0 Å². The summed E-state index contributed by atoms with van der Waals surface area (Å²) >= 11 is 0. The average molecular weight is 267 g/mol. The van der Waals surface area contributed by atoms with Crippen LogP contribution in [0.1, 0.15) is 0 Å². The van der Waals surface area contributed by atoms with Gasteiger partial charge in [0.1, 0.15) is 11.5 Å². The lowest BCUT2D eigenvalue weighted by molar-refractivity contribution is 0.415. The second-order valence-electron chi connectivity index (χ2n) is 4.77. The third kappa shape index (κ3) is 2.01. The lowest BCUT2D eigenvalue weighted by Crippen LogP contribution is -1.86. The Kier molecular flexibility index (Phi) is 3.11. The molecule has 0 amide bonds. The number of ether oxygens (including phenoxy) is 2. The van der Waals surface area contributed by atoms with Gasteiger partial charge in [0.05, 0.1) is 19.7 Å². The molecule has 0 radical (unpaired) electrons. The van der Waals surface area contributed by atoms with Gasteiger partial charge in [-0.15, -0.1) is 0 Å². The molecule has 0 saturated carbocycles. The van der Waals surface area contributed by atoms with Gasteiger partial charge >= 0.3 is 0 Å². The average Bonchev–Trinajstić information content (AvgIpc) is 2.84. The van der Waals surface area contributed by atoms with Crippen LogP contribution in [-0.4, -0.2) is 18.8 Å². The quantitative estimate of drug-likeness (QED) is 0.719. The van der Waals surface area contributed by atoms with Crippen LogP contribution in [0.3, 0.4) is 0 Å². The Morgan fingerprint density at radius 3 is 2.40 bits per heavy atom. The summed E-state index contributed by atoms with van der Waals surface area (Å²) < 4.78 is 12.7. The van der Waals surface area contributed by atoms with Crippen LogP contribution in [0.5, 0.6) is 11.5 Å². The number of benzene rings is 2. The predicted molar refractivity (Wildman–Crippen MR) is 81.5 cm³/mol. The molecule has 3 nitrogen and oxygen atoms in total. The van der Waals surface area contributed by atoms with Crippen molar-refractivity contribution >= 4 is 10.9 Å². The SMILES string of the molecule is COc1cccc(-c2cn(C)c3cc(OC)ccc23)c1. The highest BCUT2D eigenvalue weighted by molar-refractivity contribution is 5.96. The monoisotopic (exact) mass is 267 g/mol. The highest BCUT2D eigenvalue weighted by Gasteiger charge is 2.10. The van der Waals surface area contributed by atoms with Crippen LogP contribution in [0.25, 0.3) is 22.0 Å². The first-order valence-corrected chi connectivity index (χ1v) is 6.50. The van der Waals surface area contributed by atoms with Crippen molar-refractivity contribution in [2.45, 2.75) is 0 Å². The van der Waals surface area contributed by atoms with Crippen LogP contribution in [0, 0.1) is 0 Å². The van der Waals surface area contributed by atoms with E-state index in [1.54, 1.807) is 14.2 Å². The molecule has 3 heteroatoms. The van der Waals surface area contributed by atoms with Gasteiger partial charge in [-0.1, -0.05) is 12.1 Å². The first-order valence-electron chi connectivity index (χ1n) is 6.50. The molecule has 0 aliphatic rings. The Morgan fingerprint density at radius 1 is 0.900 bits per heavy atom. The Bertz CT molecular complexity index is 759. The number of rotatable bonds is 3. The Balaban J connectivity index is 2.21.